The number of thioether (sulfide) groups is 2. The molecule has 0 aliphatic carbocycles. The van der Waals surface area contributed by atoms with Gasteiger partial charge in [-0.05, 0) is 59.7 Å². The van der Waals surface area contributed by atoms with Crippen LogP contribution in [-0.2, 0) is 9.59 Å². The van der Waals surface area contributed by atoms with E-state index in [9.17, 15) is 35.9 Å². The van der Waals surface area contributed by atoms with E-state index in [0.717, 1.165) is 23.5 Å². The van der Waals surface area contributed by atoms with Crippen molar-refractivity contribution in [3.8, 4) is 22.3 Å². The molecule has 0 aliphatic heterocycles. The first-order valence-electron chi connectivity index (χ1n) is 11.8. The first kappa shape index (κ1) is 31.0. The summed E-state index contributed by atoms with van der Waals surface area (Å²) in [5, 5.41) is -0.973. The van der Waals surface area contributed by atoms with Gasteiger partial charge in [0.05, 0.1) is 19.8 Å². The predicted octanol–water partition coefficient (Wildman–Crippen LogP) is 9.22. The van der Waals surface area contributed by atoms with Gasteiger partial charge in [0.1, 0.15) is 23.3 Å². The molecule has 0 aliphatic rings. The van der Waals surface area contributed by atoms with Crippen molar-refractivity contribution in [2.75, 3.05) is 13.3 Å². The largest absolute Gasteiger partial charge is 0.286 e. The van der Waals surface area contributed by atoms with Crippen LogP contribution < -0.4 is 0 Å². The number of rotatable bonds is 8. The highest BCUT2D eigenvalue weighted by Gasteiger charge is 2.16. The Bertz CT molecular complexity index is 1340. The highest BCUT2D eigenvalue weighted by Crippen LogP contribution is 2.31. The fraction of sp³-hybridized carbons (Fsp3) is 0.133. The van der Waals surface area contributed by atoms with Gasteiger partial charge in [0, 0.05) is 27.3 Å². The number of benzene rings is 4. The monoisotopic (exact) mass is 592 g/mol. The Morgan fingerprint density at radius 3 is 1.23 bits per heavy atom. The smallest absolute Gasteiger partial charge is 0.202 e. The van der Waals surface area contributed by atoms with Gasteiger partial charge in [0.25, 0.3) is 0 Å². The summed E-state index contributed by atoms with van der Waals surface area (Å²) in [5.74, 6) is -2.01. The van der Waals surface area contributed by atoms with Crippen molar-refractivity contribution in [2.24, 2.45) is 0 Å². The molecule has 10 heteroatoms. The van der Waals surface area contributed by atoms with E-state index in [4.69, 9.17) is 0 Å². The number of hydrogen-bond donors (Lipinski definition) is 0. The summed E-state index contributed by atoms with van der Waals surface area (Å²) in [6.07, 6.45) is -0.377. The lowest BCUT2D eigenvalue weighted by Crippen LogP contribution is -2.01. The standard InChI is InChI=1S/C27H16F4O2S2.C3H6F2/c28-18-5-1-16(2-6-18)22-11-9-20(13-24(22)30)34-26(32)15-27(33)35-21-10-12-23(25(31)14-21)17-3-7-19(29)8-4-17;4-2-1-3-5/h1-14H,15H2;1-3H2. The number of halogens is 6. The van der Waals surface area contributed by atoms with Gasteiger partial charge in [-0.15, -0.1) is 0 Å². The first-order chi connectivity index (χ1) is 19.2. The van der Waals surface area contributed by atoms with Crippen molar-refractivity contribution in [3.63, 3.8) is 0 Å². The molecule has 208 valence electrons. The van der Waals surface area contributed by atoms with Crippen LogP contribution in [0.5, 0.6) is 0 Å². The average molecular weight is 593 g/mol. The number of carbonyl (C=O) groups excluding carboxylic acids is 2. The Morgan fingerprint density at radius 1 is 0.550 bits per heavy atom. The van der Waals surface area contributed by atoms with E-state index in [1.54, 1.807) is 12.1 Å². The molecule has 0 spiro atoms. The molecular formula is C30H22F6O2S2. The second kappa shape index (κ2) is 15.3. The molecule has 0 unspecified atom stereocenters. The molecule has 0 radical (unpaired) electrons. The Kier molecular flexibility index (Phi) is 11.9. The molecule has 0 fully saturated rings. The second-order valence-corrected chi connectivity index (χ2v) is 10.4. The lowest BCUT2D eigenvalue weighted by atomic mass is 10.1. The van der Waals surface area contributed by atoms with E-state index >= 15 is 0 Å². The van der Waals surface area contributed by atoms with Crippen LogP contribution in [0.2, 0.25) is 0 Å². The molecule has 4 aromatic rings. The normalized spacial score (nSPS) is 10.6. The van der Waals surface area contributed by atoms with Crippen LogP contribution in [0.1, 0.15) is 12.8 Å². The van der Waals surface area contributed by atoms with Crippen LogP contribution in [0.15, 0.2) is 94.7 Å². The summed E-state index contributed by atoms with van der Waals surface area (Å²) in [5.41, 5.74) is 1.52. The van der Waals surface area contributed by atoms with Crippen molar-refractivity contribution < 1.29 is 35.9 Å². The lowest BCUT2D eigenvalue weighted by Gasteiger charge is -2.07. The topological polar surface area (TPSA) is 34.1 Å². The molecule has 2 nitrogen and oxygen atoms in total. The minimum absolute atomic E-state index is 0.0556. The Morgan fingerprint density at radius 2 is 0.925 bits per heavy atom. The number of alkyl halides is 2. The maximum atomic E-state index is 14.5. The summed E-state index contributed by atoms with van der Waals surface area (Å²) in [7, 11) is 0. The molecule has 0 amide bonds. The Labute approximate surface area is 235 Å². The number of carbonyl (C=O) groups is 2. The van der Waals surface area contributed by atoms with Crippen LogP contribution in [-0.4, -0.2) is 23.6 Å². The van der Waals surface area contributed by atoms with Gasteiger partial charge in [0.2, 0.25) is 10.2 Å². The molecule has 0 heterocycles. The van der Waals surface area contributed by atoms with Gasteiger partial charge in [0.15, 0.2) is 0 Å². The molecule has 4 rings (SSSR count). The van der Waals surface area contributed by atoms with Gasteiger partial charge >= 0.3 is 0 Å². The predicted molar refractivity (Wildman–Crippen MR) is 146 cm³/mol. The Hall–Kier alpha value is -3.50. The van der Waals surface area contributed by atoms with E-state index in [1.807, 2.05) is 0 Å². The van der Waals surface area contributed by atoms with E-state index in [0.29, 0.717) is 20.9 Å². The molecule has 0 bridgehead atoms. The molecular weight excluding hydrogens is 570 g/mol. The van der Waals surface area contributed by atoms with Crippen molar-refractivity contribution in [1.29, 1.82) is 0 Å². The summed E-state index contributed by atoms with van der Waals surface area (Å²) in [4.78, 5) is 25.3. The zero-order valence-corrected chi connectivity index (χ0v) is 22.4. The van der Waals surface area contributed by atoms with Gasteiger partial charge in [-0.2, -0.15) is 0 Å². The maximum absolute atomic E-state index is 14.5. The molecule has 0 atom stereocenters. The molecule has 0 saturated heterocycles. The van der Waals surface area contributed by atoms with Crippen LogP contribution in [0.3, 0.4) is 0 Å². The summed E-state index contributed by atoms with van der Waals surface area (Å²) >= 11 is 1.46. The van der Waals surface area contributed by atoms with E-state index in [-0.39, 0.29) is 17.5 Å². The second-order valence-electron chi connectivity index (χ2n) is 8.15. The van der Waals surface area contributed by atoms with E-state index in [1.165, 1.54) is 72.8 Å². The molecule has 4 aromatic carbocycles. The minimum Gasteiger partial charge on any atom is -0.286 e. The SMILES string of the molecule is FCCCF.O=C(CC(=O)Sc1ccc(-c2ccc(F)cc2)c(F)c1)Sc1ccc(-c2ccc(F)cc2)c(F)c1. The van der Waals surface area contributed by atoms with Crippen LogP contribution >= 0.6 is 23.5 Å². The number of hydrogen-bond acceptors (Lipinski definition) is 4. The van der Waals surface area contributed by atoms with E-state index < -0.39 is 53.3 Å². The van der Waals surface area contributed by atoms with Gasteiger partial charge in [-0.1, -0.05) is 59.9 Å². The fourth-order valence-electron chi connectivity index (χ4n) is 3.35. The first-order valence-corrected chi connectivity index (χ1v) is 13.5. The summed E-state index contributed by atoms with van der Waals surface area (Å²) in [6.45, 7) is -1.06. The highest BCUT2D eigenvalue weighted by atomic mass is 32.2. The quantitative estimate of drug-likeness (QED) is 0.116. The molecule has 0 saturated carbocycles. The van der Waals surface area contributed by atoms with Gasteiger partial charge in [-0.25, -0.2) is 17.6 Å². The fourth-order valence-corrected chi connectivity index (χ4v) is 4.97. The van der Waals surface area contributed by atoms with Crippen molar-refractivity contribution in [1.82, 2.24) is 0 Å². The summed E-state index contributed by atoms with van der Waals surface area (Å²) < 4.78 is 76.7. The lowest BCUT2D eigenvalue weighted by molar-refractivity contribution is -0.117. The van der Waals surface area contributed by atoms with Crippen LogP contribution in [0.4, 0.5) is 26.3 Å². The van der Waals surface area contributed by atoms with Gasteiger partial charge < -0.3 is 0 Å². The van der Waals surface area contributed by atoms with Crippen molar-refractivity contribution >= 4 is 33.8 Å². The molecule has 0 aromatic heterocycles. The average Bonchev–Trinajstić information content (AvgIpc) is 2.91. The van der Waals surface area contributed by atoms with Crippen molar-refractivity contribution in [3.05, 3.63) is 108 Å². The van der Waals surface area contributed by atoms with Crippen LogP contribution in [0.25, 0.3) is 22.3 Å². The zero-order valence-electron chi connectivity index (χ0n) is 20.8. The third kappa shape index (κ3) is 9.31. The highest BCUT2D eigenvalue weighted by molar-refractivity contribution is 8.15. The third-order valence-electron chi connectivity index (χ3n) is 5.21. The maximum Gasteiger partial charge on any atom is 0.202 e. The summed E-state index contributed by atoms with van der Waals surface area (Å²) in [6, 6.07) is 19.2. The van der Waals surface area contributed by atoms with Crippen LogP contribution in [0, 0.1) is 23.3 Å². The zero-order chi connectivity index (χ0) is 29.1. The minimum atomic E-state index is -0.577. The van der Waals surface area contributed by atoms with Crippen molar-refractivity contribution in [2.45, 2.75) is 22.6 Å². The molecule has 40 heavy (non-hydrogen) atoms. The Balaban J connectivity index is 0.000000810. The van der Waals surface area contributed by atoms with Gasteiger partial charge in [-0.3, -0.25) is 18.4 Å². The third-order valence-corrected chi connectivity index (χ3v) is 6.93. The molecule has 0 N–H and O–H groups in total. The van der Waals surface area contributed by atoms with E-state index in [2.05, 4.69) is 0 Å².